The van der Waals surface area contributed by atoms with E-state index in [4.69, 9.17) is 9.47 Å². The highest BCUT2D eigenvalue weighted by Gasteiger charge is 2.29. The van der Waals surface area contributed by atoms with E-state index in [1.165, 1.54) is 11.3 Å². The van der Waals surface area contributed by atoms with Crippen LogP contribution in [0.5, 0.6) is 0 Å². The minimum Gasteiger partial charge on any atom is -0.444 e. The topological polar surface area (TPSA) is 55.8 Å². The Morgan fingerprint density at radius 2 is 2.18 bits per heavy atom. The molecule has 2 rings (SSSR count). The number of hydrogen-bond donors (Lipinski definition) is 0. The Hall–Kier alpha value is -1.40. The minimum absolute atomic E-state index is 0.0111. The lowest BCUT2D eigenvalue weighted by atomic mass is 10.1. The predicted octanol–water partition coefficient (Wildman–Crippen LogP) is 3.20. The average Bonchev–Trinajstić information content (AvgIpc) is 3.08. The molecule has 0 aromatic carbocycles. The number of amides is 1. The first-order valence-corrected chi connectivity index (χ1v) is 8.35. The van der Waals surface area contributed by atoms with Gasteiger partial charge in [-0.15, -0.1) is 11.3 Å². The van der Waals surface area contributed by atoms with Crippen LogP contribution in [0.25, 0.3) is 0 Å². The van der Waals surface area contributed by atoms with E-state index < -0.39 is 5.60 Å². The highest BCUT2D eigenvalue weighted by atomic mass is 32.1. The first-order valence-electron chi connectivity index (χ1n) is 7.47. The molecule has 1 aliphatic rings. The van der Waals surface area contributed by atoms with Gasteiger partial charge in [0.05, 0.1) is 11.5 Å². The third-order valence-corrected chi connectivity index (χ3v) is 4.23. The number of carbonyl (C=O) groups excluding carboxylic acids is 2. The van der Waals surface area contributed by atoms with Crippen molar-refractivity contribution in [3.63, 3.8) is 0 Å². The van der Waals surface area contributed by atoms with Crippen LogP contribution < -0.4 is 0 Å². The fourth-order valence-electron chi connectivity index (χ4n) is 2.29. The molecule has 1 aromatic rings. The molecule has 0 aliphatic carbocycles. The summed E-state index contributed by atoms with van der Waals surface area (Å²) in [7, 11) is 0. The second-order valence-electron chi connectivity index (χ2n) is 6.50. The molecule has 0 N–H and O–H groups in total. The van der Waals surface area contributed by atoms with Crippen LogP contribution in [0.3, 0.4) is 0 Å². The highest BCUT2D eigenvalue weighted by molar-refractivity contribution is 7.12. The van der Waals surface area contributed by atoms with Gasteiger partial charge in [-0.1, -0.05) is 6.07 Å². The lowest BCUT2D eigenvalue weighted by Gasteiger charge is -2.24. The lowest BCUT2D eigenvalue weighted by molar-refractivity contribution is 0.0273. The van der Waals surface area contributed by atoms with Crippen molar-refractivity contribution in [3.05, 3.63) is 22.4 Å². The summed E-state index contributed by atoms with van der Waals surface area (Å²) in [6, 6.07) is 3.66. The fraction of sp³-hybridized carbons (Fsp3) is 0.625. The Morgan fingerprint density at radius 3 is 2.82 bits per heavy atom. The minimum atomic E-state index is -0.473. The molecular weight excluding hydrogens is 302 g/mol. The van der Waals surface area contributed by atoms with Crippen LogP contribution in [0.15, 0.2) is 17.5 Å². The Morgan fingerprint density at radius 1 is 1.41 bits per heavy atom. The number of Topliss-reactive ketones (excluding diaryl/α,β-unsaturated/α-hetero) is 1. The molecule has 0 unspecified atom stereocenters. The Kier molecular flexibility index (Phi) is 5.58. The van der Waals surface area contributed by atoms with Gasteiger partial charge in [-0.05, 0) is 38.6 Å². The molecule has 2 heterocycles. The van der Waals surface area contributed by atoms with Gasteiger partial charge in [-0.2, -0.15) is 0 Å². The number of hydrogen-bond acceptors (Lipinski definition) is 5. The first kappa shape index (κ1) is 17.0. The van der Waals surface area contributed by atoms with Gasteiger partial charge >= 0.3 is 6.09 Å². The highest BCUT2D eigenvalue weighted by Crippen LogP contribution is 2.20. The van der Waals surface area contributed by atoms with Gasteiger partial charge in [-0.3, -0.25) is 4.79 Å². The maximum atomic E-state index is 12.0. The number of ether oxygens (including phenoxy) is 2. The summed E-state index contributed by atoms with van der Waals surface area (Å²) in [5.74, 6) is 0.278. The van der Waals surface area contributed by atoms with E-state index in [0.717, 1.165) is 11.3 Å². The van der Waals surface area contributed by atoms with Crippen LogP contribution in [0, 0.1) is 5.92 Å². The van der Waals surface area contributed by atoms with Crippen LogP contribution in [-0.4, -0.2) is 48.7 Å². The van der Waals surface area contributed by atoms with Gasteiger partial charge in [0, 0.05) is 19.0 Å². The van der Waals surface area contributed by atoms with E-state index in [1.54, 1.807) is 11.0 Å². The lowest BCUT2D eigenvalue weighted by Crippen LogP contribution is -2.35. The molecule has 1 aromatic heterocycles. The Labute approximate surface area is 135 Å². The van der Waals surface area contributed by atoms with Crippen molar-refractivity contribution in [1.29, 1.82) is 0 Å². The van der Waals surface area contributed by atoms with Gasteiger partial charge in [0.15, 0.2) is 5.78 Å². The molecular formula is C16H23NO4S. The predicted molar refractivity (Wildman–Crippen MR) is 85.4 cm³/mol. The smallest absolute Gasteiger partial charge is 0.410 e. The zero-order valence-corrected chi connectivity index (χ0v) is 14.1. The second-order valence-corrected chi connectivity index (χ2v) is 7.44. The molecule has 1 saturated heterocycles. The van der Waals surface area contributed by atoms with Crippen molar-refractivity contribution < 1.29 is 19.1 Å². The molecule has 22 heavy (non-hydrogen) atoms. The van der Waals surface area contributed by atoms with Crippen molar-refractivity contribution in [2.45, 2.75) is 32.8 Å². The van der Waals surface area contributed by atoms with Crippen molar-refractivity contribution >= 4 is 23.2 Å². The van der Waals surface area contributed by atoms with E-state index in [9.17, 15) is 9.59 Å². The largest absolute Gasteiger partial charge is 0.444 e. The van der Waals surface area contributed by atoms with Crippen molar-refractivity contribution in [2.24, 2.45) is 5.92 Å². The van der Waals surface area contributed by atoms with Gasteiger partial charge in [0.25, 0.3) is 0 Å². The Balaban J connectivity index is 1.68. The molecule has 1 amide bonds. The molecule has 1 fully saturated rings. The maximum absolute atomic E-state index is 12.0. The zero-order chi connectivity index (χ0) is 16.2. The summed E-state index contributed by atoms with van der Waals surface area (Å²) < 4.78 is 10.9. The summed E-state index contributed by atoms with van der Waals surface area (Å²) in [6.45, 7) is 7.48. The second kappa shape index (κ2) is 7.24. The number of ketones is 1. The van der Waals surface area contributed by atoms with Gasteiger partial charge < -0.3 is 14.4 Å². The SMILES string of the molecule is CC(C)(C)OC(=O)N1CC[C@@H](COCC(=O)c2cccs2)C1. The molecule has 1 atom stereocenters. The molecule has 0 bridgehead atoms. The van der Waals surface area contributed by atoms with Crippen LogP contribution >= 0.6 is 11.3 Å². The van der Waals surface area contributed by atoms with E-state index in [-0.39, 0.29) is 24.4 Å². The summed E-state index contributed by atoms with van der Waals surface area (Å²) in [6.07, 6.45) is 0.608. The molecule has 1 aliphatic heterocycles. The maximum Gasteiger partial charge on any atom is 0.410 e. The number of nitrogens with zero attached hydrogens (tertiary/aromatic N) is 1. The third kappa shape index (κ3) is 5.10. The van der Waals surface area contributed by atoms with Crippen LogP contribution in [-0.2, 0) is 9.47 Å². The summed E-state index contributed by atoms with van der Waals surface area (Å²) in [5, 5.41) is 1.88. The molecule has 122 valence electrons. The monoisotopic (exact) mass is 325 g/mol. The number of carbonyl (C=O) groups is 2. The number of thiophene rings is 1. The molecule has 6 heteroatoms. The zero-order valence-electron chi connectivity index (χ0n) is 13.3. The first-order chi connectivity index (χ1) is 10.3. The third-order valence-electron chi connectivity index (χ3n) is 3.32. The van der Waals surface area contributed by atoms with Gasteiger partial charge in [0.2, 0.25) is 0 Å². The summed E-state index contributed by atoms with van der Waals surface area (Å²) >= 11 is 1.42. The van der Waals surface area contributed by atoms with Crippen LogP contribution in [0.2, 0.25) is 0 Å². The summed E-state index contributed by atoms with van der Waals surface area (Å²) in [4.78, 5) is 26.2. The number of rotatable bonds is 5. The molecule has 0 spiro atoms. The van der Waals surface area contributed by atoms with Crippen molar-refractivity contribution in [2.75, 3.05) is 26.3 Å². The van der Waals surface area contributed by atoms with E-state index in [2.05, 4.69) is 0 Å². The van der Waals surface area contributed by atoms with E-state index in [0.29, 0.717) is 19.7 Å². The fourth-order valence-corrected chi connectivity index (χ4v) is 2.94. The van der Waals surface area contributed by atoms with Gasteiger partial charge in [0.1, 0.15) is 12.2 Å². The molecule has 0 radical (unpaired) electrons. The van der Waals surface area contributed by atoms with Crippen LogP contribution in [0.4, 0.5) is 4.79 Å². The quantitative estimate of drug-likeness (QED) is 0.780. The van der Waals surface area contributed by atoms with E-state index in [1.807, 2.05) is 32.2 Å². The van der Waals surface area contributed by atoms with E-state index >= 15 is 0 Å². The van der Waals surface area contributed by atoms with Crippen molar-refractivity contribution in [3.8, 4) is 0 Å². The molecule has 0 saturated carbocycles. The standard InChI is InChI=1S/C16H23NO4S/c1-16(2,3)21-15(19)17-7-6-12(9-17)10-20-11-13(18)14-5-4-8-22-14/h4-5,8,12H,6-7,9-11H2,1-3H3/t12-/m1/s1. The number of likely N-dealkylation sites (tertiary alicyclic amines) is 1. The average molecular weight is 325 g/mol. The van der Waals surface area contributed by atoms with Crippen LogP contribution in [0.1, 0.15) is 36.9 Å². The molecule has 5 nitrogen and oxygen atoms in total. The Bertz CT molecular complexity index is 507. The normalized spacial score (nSPS) is 18.5. The van der Waals surface area contributed by atoms with Gasteiger partial charge in [-0.25, -0.2) is 4.79 Å². The van der Waals surface area contributed by atoms with Crippen molar-refractivity contribution in [1.82, 2.24) is 4.90 Å². The summed E-state index contributed by atoms with van der Waals surface area (Å²) in [5.41, 5.74) is -0.473.